The molecule has 0 aromatic heterocycles. The number of anilines is 1. The van der Waals surface area contributed by atoms with E-state index in [2.05, 4.69) is 10.1 Å². The Kier molecular flexibility index (Phi) is 6.97. The Bertz CT molecular complexity index is 1030. The fourth-order valence-electron chi connectivity index (χ4n) is 3.33. The van der Waals surface area contributed by atoms with Gasteiger partial charge in [-0.2, -0.15) is 8.78 Å². The number of nitrogens with one attached hydrogen (secondary N) is 1. The average Bonchev–Trinajstić information content (AvgIpc) is 2.73. The van der Waals surface area contributed by atoms with E-state index in [9.17, 15) is 13.6 Å². The maximum Gasteiger partial charge on any atom is 0.387 e. The van der Waals surface area contributed by atoms with Crippen LogP contribution in [0.25, 0.3) is 0 Å². The van der Waals surface area contributed by atoms with Crippen molar-refractivity contribution in [3.63, 3.8) is 0 Å². The second-order valence-corrected chi connectivity index (χ2v) is 7.30. The number of hydrogen-bond donors (Lipinski definition) is 1. The molecule has 1 unspecified atom stereocenters. The van der Waals surface area contributed by atoms with E-state index < -0.39 is 18.6 Å². The van der Waals surface area contributed by atoms with Gasteiger partial charge in [0.15, 0.2) is 16.6 Å². The topological polar surface area (TPSA) is 60.0 Å². The maximum atomic E-state index is 12.8. The highest BCUT2D eigenvalue weighted by Gasteiger charge is 2.35. The molecule has 0 spiro atoms. The lowest BCUT2D eigenvalue weighted by molar-refractivity contribution is -0.136. The molecule has 2 aromatic rings. The monoisotopic (exact) mass is 468 g/mol. The number of hydrogen-bond acceptors (Lipinski definition) is 5. The molecule has 2 aromatic carbocycles. The highest BCUT2D eigenvalue weighted by Crippen LogP contribution is 2.38. The van der Waals surface area contributed by atoms with Gasteiger partial charge in [-0.25, -0.2) is 4.79 Å². The Hall–Kier alpha value is -2.91. The first-order valence-corrected chi connectivity index (χ1v) is 9.83. The van der Waals surface area contributed by atoms with E-state index >= 15 is 0 Å². The van der Waals surface area contributed by atoms with Crippen LogP contribution in [0.5, 0.6) is 11.5 Å². The molecule has 0 saturated heterocycles. The summed E-state index contributed by atoms with van der Waals surface area (Å²) in [7, 11) is 2.60. The molecule has 3 rings (SSSR count). The van der Waals surface area contributed by atoms with Gasteiger partial charge in [-0.1, -0.05) is 17.7 Å². The molecule has 10 heteroatoms. The second kappa shape index (κ2) is 9.49. The van der Waals surface area contributed by atoms with Crippen LogP contribution in [0.1, 0.15) is 18.5 Å². The Morgan fingerprint density at radius 2 is 1.84 bits per heavy atom. The molecule has 0 bridgehead atoms. The van der Waals surface area contributed by atoms with Gasteiger partial charge in [-0.15, -0.1) is 0 Å². The number of methoxy groups -OCH3 is 2. The number of esters is 1. The molecule has 1 atom stereocenters. The van der Waals surface area contributed by atoms with Crippen LogP contribution in [-0.4, -0.2) is 31.9 Å². The summed E-state index contributed by atoms with van der Waals surface area (Å²) >= 11 is 11.5. The van der Waals surface area contributed by atoms with E-state index in [0.717, 1.165) is 0 Å². The lowest BCUT2D eigenvalue weighted by atomic mass is 9.94. The van der Waals surface area contributed by atoms with Crippen LogP contribution in [0, 0.1) is 0 Å². The minimum Gasteiger partial charge on any atom is -0.493 e. The number of rotatable bonds is 6. The minimum atomic E-state index is -3.04. The molecular weight excluding hydrogens is 450 g/mol. The van der Waals surface area contributed by atoms with Gasteiger partial charge >= 0.3 is 12.6 Å². The Morgan fingerprint density at radius 1 is 1.16 bits per heavy atom. The van der Waals surface area contributed by atoms with Crippen LogP contribution in [0.4, 0.5) is 14.5 Å². The molecular formula is C21H19ClF2N2O4S. The van der Waals surface area contributed by atoms with Gasteiger partial charge in [0.25, 0.3) is 0 Å². The van der Waals surface area contributed by atoms with Crippen molar-refractivity contribution in [1.82, 2.24) is 5.32 Å². The van der Waals surface area contributed by atoms with E-state index in [-0.39, 0.29) is 17.1 Å². The van der Waals surface area contributed by atoms with Crippen LogP contribution < -0.4 is 19.7 Å². The SMILES string of the molecule is COC(=O)C1=C(C)N(c2ccc(Cl)cc2)C(=S)NC1c1ccc(OC)c(OC(F)F)c1. The lowest BCUT2D eigenvalue weighted by Gasteiger charge is -2.37. The zero-order valence-electron chi connectivity index (χ0n) is 16.8. The molecule has 1 aliphatic heterocycles. The number of carbonyl (C=O) groups is 1. The number of ether oxygens (including phenoxy) is 3. The van der Waals surface area contributed by atoms with Crippen molar-refractivity contribution in [3.8, 4) is 11.5 Å². The van der Waals surface area contributed by atoms with Crippen molar-refractivity contribution in [2.75, 3.05) is 19.1 Å². The number of alkyl halides is 2. The predicted octanol–water partition coefficient (Wildman–Crippen LogP) is 4.83. The quantitative estimate of drug-likeness (QED) is 0.481. The van der Waals surface area contributed by atoms with E-state index in [1.54, 1.807) is 42.2 Å². The summed E-state index contributed by atoms with van der Waals surface area (Å²) in [4.78, 5) is 14.4. The third kappa shape index (κ3) is 4.72. The standard InChI is InChI=1S/C21H19ClF2N2O4S/c1-11-17(19(27)29-3)18(12-4-9-15(28-2)16(10-12)30-20(23)24)25-21(31)26(11)14-7-5-13(22)6-8-14/h4-10,18,20H,1-3H3,(H,25,31). The van der Waals surface area contributed by atoms with Crippen LogP contribution in [0.15, 0.2) is 53.7 Å². The summed E-state index contributed by atoms with van der Waals surface area (Å²) in [6.45, 7) is -1.32. The number of carbonyl (C=O) groups excluding carboxylic acids is 1. The molecule has 0 saturated carbocycles. The van der Waals surface area contributed by atoms with E-state index in [4.69, 9.17) is 33.3 Å². The molecule has 31 heavy (non-hydrogen) atoms. The van der Waals surface area contributed by atoms with Crippen LogP contribution in [-0.2, 0) is 9.53 Å². The molecule has 1 aliphatic rings. The van der Waals surface area contributed by atoms with Crippen molar-refractivity contribution < 1.29 is 27.8 Å². The maximum absolute atomic E-state index is 12.8. The smallest absolute Gasteiger partial charge is 0.387 e. The van der Waals surface area contributed by atoms with E-state index in [1.807, 2.05) is 0 Å². The molecule has 0 radical (unpaired) electrons. The van der Waals surface area contributed by atoms with Crippen LogP contribution in [0.3, 0.4) is 0 Å². The van der Waals surface area contributed by atoms with Crippen molar-refractivity contribution >= 4 is 40.6 Å². The Labute approximate surface area is 188 Å². The fraction of sp³-hybridized carbons (Fsp3) is 0.238. The largest absolute Gasteiger partial charge is 0.493 e. The lowest BCUT2D eigenvalue weighted by Crippen LogP contribution is -2.48. The number of nitrogens with zero attached hydrogens (tertiary/aromatic N) is 1. The fourth-order valence-corrected chi connectivity index (χ4v) is 3.82. The molecule has 164 valence electrons. The summed E-state index contributed by atoms with van der Waals surface area (Å²) in [6.07, 6.45) is 0. The zero-order valence-corrected chi connectivity index (χ0v) is 18.4. The summed E-state index contributed by atoms with van der Waals surface area (Å²) in [6, 6.07) is 10.7. The molecule has 0 aliphatic carbocycles. The summed E-state index contributed by atoms with van der Waals surface area (Å²) in [5, 5.41) is 3.95. The summed E-state index contributed by atoms with van der Waals surface area (Å²) in [5.41, 5.74) is 1.94. The van der Waals surface area contributed by atoms with Gasteiger partial charge in [0.2, 0.25) is 0 Å². The third-order valence-electron chi connectivity index (χ3n) is 4.71. The van der Waals surface area contributed by atoms with E-state index in [1.165, 1.54) is 26.4 Å². The van der Waals surface area contributed by atoms with Crippen molar-refractivity contribution in [1.29, 1.82) is 0 Å². The van der Waals surface area contributed by atoms with Crippen molar-refractivity contribution in [2.45, 2.75) is 19.6 Å². The van der Waals surface area contributed by atoms with Gasteiger partial charge in [0.05, 0.1) is 25.8 Å². The van der Waals surface area contributed by atoms with Crippen molar-refractivity contribution in [2.24, 2.45) is 0 Å². The average molecular weight is 469 g/mol. The first kappa shape index (κ1) is 22.8. The summed E-state index contributed by atoms with van der Waals surface area (Å²) in [5.74, 6) is -0.626. The number of halogens is 3. The second-order valence-electron chi connectivity index (χ2n) is 6.47. The number of thiocarbonyl (C=S) groups is 1. The predicted molar refractivity (Wildman–Crippen MR) is 117 cm³/mol. The van der Waals surface area contributed by atoms with Gasteiger partial charge < -0.3 is 19.5 Å². The molecule has 0 fully saturated rings. The first-order valence-electron chi connectivity index (χ1n) is 9.04. The number of benzene rings is 2. The van der Waals surface area contributed by atoms with Gasteiger partial charge in [0.1, 0.15) is 0 Å². The Balaban J connectivity index is 2.11. The van der Waals surface area contributed by atoms with E-state index in [0.29, 0.717) is 27.1 Å². The first-order chi connectivity index (χ1) is 14.8. The molecule has 1 N–H and O–H groups in total. The van der Waals surface area contributed by atoms with Crippen LogP contribution in [0.2, 0.25) is 5.02 Å². The van der Waals surface area contributed by atoms with Gasteiger partial charge in [-0.05, 0) is 61.1 Å². The molecule has 1 heterocycles. The van der Waals surface area contributed by atoms with Gasteiger partial charge in [0, 0.05) is 16.4 Å². The normalized spacial score (nSPS) is 16.3. The number of allylic oxidation sites excluding steroid dienone is 1. The highest BCUT2D eigenvalue weighted by atomic mass is 35.5. The summed E-state index contributed by atoms with van der Waals surface area (Å²) < 4.78 is 40.3. The van der Waals surface area contributed by atoms with Crippen LogP contribution >= 0.6 is 23.8 Å². The van der Waals surface area contributed by atoms with Gasteiger partial charge in [-0.3, -0.25) is 4.90 Å². The van der Waals surface area contributed by atoms with Crippen molar-refractivity contribution in [3.05, 3.63) is 64.3 Å². The third-order valence-corrected chi connectivity index (χ3v) is 5.26. The highest BCUT2D eigenvalue weighted by molar-refractivity contribution is 7.80. The molecule has 6 nitrogen and oxygen atoms in total. The molecule has 0 amide bonds. The minimum absolute atomic E-state index is 0.130. The Morgan fingerprint density at radius 3 is 2.42 bits per heavy atom. The zero-order chi connectivity index (χ0) is 22.7.